The third-order valence-electron chi connectivity index (χ3n) is 5.20. The highest BCUT2D eigenvalue weighted by molar-refractivity contribution is 7.15. The molecule has 0 spiro atoms. The Labute approximate surface area is 160 Å². The van der Waals surface area contributed by atoms with Crippen LogP contribution in [-0.2, 0) is 12.0 Å². The van der Waals surface area contributed by atoms with E-state index in [0.717, 1.165) is 31.6 Å². The van der Waals surface area contributed by atoms with Crippen molar-refractivity contribution in [3.63, 3.8) is 0 Å². The monoisotopic (exact) mass is 377 g/mol. The summed E-state index contributed by atoms with van der Waals surface area (Å²) in [7, 11) is 0. The normalized spacial score (nSPS) is 15.3. The molecular formula is C20H19N5OS. The first-order chi connectivity index (χ1) is 13.2. The maximum Gasteiger partial charge on any atom is 0.269 e. The number of thiazole rings is 1. The van der Waals surface area contributed by atoms with E-state index < -0.39 is 0 Å². The maximum atomic E-state index is 12.9. The Morgan fingerprint density at radius 2 is 2.04 bits per heavy atom. The summed E-state index contributed by atoms with van der Waals surface area (Å²) in [6.45, 7) is 2.82. The number of nitrogens with zero attached hydrogens (tertiary/aromatic N) is 5. The van der Waals surface area contributed by atoms with Crippen molar-refractivity contribution in [1.29, 1.82) is 0 Å². The van der Waals surface area contributed by atoms with Crippen LogP contribution in [0.3, 0.4) is 0 Å². The number of aryl methyl sites for hydroxylation is 1. The van der Waals surface area contributed by atoms with Crippen LogP contribution >= 0.6 is 11.3 Å². The van der Waals surface area contributed by atoms with E-state index in [1.54, 1.807) is 16.8 Å². The second kappa shape index (κ2) is 6.13. The molecule has 136 valence electrons. The minimum atomic E-state index is -0.120. The molecule has 1 fully saturated rings. The molecule has 0 bridgehead atoms. The van der Waals surface area contributed by atoms with E-state index in [1.165, 1.54) is 16.9 Å². The van der Waals surface area contributed by atoms with Crippen LogP contribution in [0, 0.1) is 0 Å². The predicted octanol–water partition coefficient (Wildman–Crippen LogP) is 3.50. The molecule has 1 saturated carbocycles. The van der Waals surface area contributed by atoms with Crippen molar-refractivity contribution in [2.75, 3.05) is 0 Å². The summed E-state index contributed by atoms with van der Waals surface area (Å²) in [4.78, 5) is 22.9. The third-order valence-corrected chi connectivity index (χ3v) is 5.97. The molecule has 1 aliphatic rings. The van der Waals surface area contributed by atoms with Gasteiger partial charge in [-0.15, -0.1) is 11.3 Å². The molecule has 1 aliphatic carbocycles. The van der Waals surface area contributed by atoms with E-state index in [2.05, 4.69) is 36.2 Å². The van der Waals surface area contributed by atoms with Gasteiger partial charge in [-0.2, -0.15) is 5.10 Å². The number of aromatic nitrogens is 5. The van der Waals surface area contributed by atoms with Gasteiger partial charge in [0.1, 0.15) is 5.56 Å². The van der Waals surface area contributed by atoms with E-state index in [-0.39, 0.29) is 11.0 Å². The van der Waals surface area contributed by atoms with Gasteiger partial charge in [0, 0.05) is 24.3 Å². The molecular weight excluding hydrogens is 358 g/mol. The van der Waals surface area contributed by atoms with Gasteiger partial charge in [-0.1, -0.05) is 37.3 Å². The van der Waals surface area contributed by atoms with Gasteiger partial charge in [-0.25, -0.2) is 14.6 Å². The van der Waals surface area contributed by atoms with Gasteiger partial charge in [0.25, 0.3) is 5.56 Å². The average Bonchev–Trinajstić information content (AvgIpc) is 3.17. The quantitative estimate of drug-likeness (QED) is 0.534. The first kappa shape index (κ1) is 16.4. The van der Waals surface area contributed by atoms with Gasteiger partial charge in [-0.05, 0) is 24.8 Å². The fourth-order valence-electron chi connectivity index (χ4n) is 3.61. The average molecular weight is 377 g/mol. The molecule has 27 heavy (non-hydrogen) atoms. The second-order valence-corrected chi connectivity index (χ2v) is 7.84. The molecule has 6 nitrogen and oxygen atoms in total. The van der Waals surface area contributed by atoms with Gasteiger partial charge < -0.3 is 0 Å². The molecule has 0 aliphatic heterocycles. The highest BCUT2D eigenvalue weighted by Crippen LogP contribution is 2.52. The molecule has 0 unspecified atom stereocenters. The van der Waals surface area contributed by atoms with Crippen molar-refractivity contribution in [3.8, 4) is 11.4 Å². The van der Waals surface area contributed by atoms with Crippen LogP contribution in [0.4, 0.5) is 0 Å². The summed E-state index contributed by atoms with van der Waals surface area (Å²) >= 11 is 1.45. The van der Waals surface area contributed by atoms with Crippen molar-refractivity contribution in [1.82, 2.24) is 24.1 Å². The molecule has 4 aromatic rings. The number of hydrogen-bond donors (Lipinski definition) is 0. The molecule has 0 radical (unpaired) electrons. The molecule has 7 heteroatoms. The molecule has 0 saturated heterocycles. The Balaban J connectivity index is 1.67. The Kier molecular flexibility index (Phi) is 3.72. The lowest BCUT2D eigenvalue weighted by Crippen LogP contribution is -2.17. The van der Waals surface area contributed by atoms with Gasteiger partial charge in [-0.3, -0.25) is 9.20 Å². The molecule has 0 N–H and O–H groups in total. The van der Waals surface area contributed by atoms with E-state index in [4.69, 9.17) is 10.1 Å². The van der Waals surface area contributed by atoms with Crippen molar-refractivity contribution < 1.29 is 0 Å². The number of fused-ring (bicyclic) bond motifs is 1. The summed E-state index contributed by atoms with van der Waals surface area (Å²) in [5.74, 6) is 1.43. The Bertz CT molecular complexity index is 1170. The van der Waals surface area contributed by atoms with Crippen LogP contribution in [0.2, 0.25) is 0 Å². The molecule has 0 amide bonds. The number of rotatable bonds is 5. The van der Waals surface area contributed by atoms with Crippen molar-refractivity contribution in [2.24, 2.45) is 0 Å². The van der Waals surface area contributed by atoms with E-state index >= 15 is 0 Å². The minimum Gasteiger partial charge on any atom is -0.268 e. The van der Waals surface area contributed by atoms with E-state index in [0.29, 0.717) is 16.3 Å². The molecule has 0 atom stereocenters. The largest absolute Gasteiger partial charge is 0.269 e. The summed E-state index contributed by atoms with van der Waals surface area (Å²) < 4.78 is 3.45. The van der Waals surface area contributed by atoms with Gasteiger partial charge >= 0.3 is 0 Å². The van der Waals surface area contributed by atoms with E-state index in [9.17, 15) is 4.79 Å². The first-order valence-electron chi connectivity index (χ1n) is 9.19. The lowest BCUT2D eigenvalue weighted by atomic mass is 9.95. The highest BCUT2D eigenvalue weighted by atomic mass is 32.1. The fourth-order valence-corrected chi connectivity index (χ4v) is 4.29. The second-order valence-electron chi connectivity index (χ2n) is 6.96. The van der Waals surface area contributed by atoms with Crippen molar-refractivity contribution >= 4 is 16.3 Å². The van der Waals surface area contributed by atoms with Gasteiger partial charge in [0.2, 0.25) is 0 Å². The zero-order valence-electron chi connectivity index (χ0n) is 15.0. The SMILES string of the molecule is CCCn1nc(C2(c3ccccc3)CC2)nc1-c1cnc2sccn2c1=O. The van der Waals surface area contributed by atoms with E-state index in [1.807, 2.05) is 16.1 Å². The number of benzene rings is 1. The van der Waals surface area contributed by atoms with Crippen LogP contribution < -0.4 is 5.56 Å². The summed E-state index contributed by atoms with van der Waals surface area (Å²) in [6.07, 6.45) is 6.38. The smallest absolute Gasteiger partial charge is 0.268 e. The molecule has 5 rings (SSSR count). The maximum absolute atomic E-state index is 12.9. The number of hydrogen-bond acceptors (Lipinski definition) is 5. The molecule has 3 heterocycles. The van der Waals surface area contributed by atoms with Crippen LogP contribution in [-0.4, -0.2) is 24.1 Å². The minimum absolute atomic E-state index is 0.0953. The van der Waals surface area contributed by atoms with Gasteiger partial charge in [0.05, 0.1) is 5.41 Å². The van der Waals surface area contributed by atoms with Crippen LogP contribution in [0.25, 0.3) is 16.3 Å². The highest BCUT2D eigenvalue weighted by Gasteiger charge is 2.49. The summed E-state index contributed by atoms with van der Waals surface area (Å²) in [5.41, 5.74) is 1.53. The Morgan fingerprint density at radius 1 is 1.22 bits per heavy atom. The van der Waals surface area contributed by atoms with Crippen molar-refractivity contribution in [3.05, 3.63) is 69.8 Å². The van der Waals surface area contributed by atoms with Crippen LogP contribution in [0.5, 0.6) is 0 Å². The van der Waals surface area contributed by atoms with Crippen LogP contribution in [0.15, 0.2) is 52.9 Å². The zero-order valence-corrected chi connectivity index (χ0v) is 15.8. The van der Waals surface area contributed by atoms with Gasteiger partial charge in [0.15, 0.2) is 16.6 Å². The lowest BCUT2D eigenvalue weighted by molar-refractivity contribution is 0.590. The Hall–Kier alpha value is -2.80. The Morgan fingerprint density at radius 3 is 2.78 bits per heavy atom. The lowest BCUT2D eigenvalue weighted by Gasteiger charge is -2.11. The molecule has 3 aromatic heterocycles. The standard InChI is InChI=1S/C20H19N5OS/c1-2-10-25-16(15-13-21-19-24(17(15)26)11-12-27-19)22-18(23-25)20(8-9-20)14-6-4-3-5-7-14/h3-7,11-13H,2,8-10H2,1H3. The predicted molar refractivity (Wildman–Crippen MR) is 105 cm³/mol. The molecule has 1 aromatic carbocycles. The summed E-state index contributed by atoms with van der Waals surface area (Å²) in [6, 6.07) is 10.4. The fraction of sp³-hybridized carbons (Fsp3) is 0.300. The zero-order chi connectivity index (χ0) is 18.4. The third kappa shape index (κ3) is 2.53. The topological polar surface area (TPSA) is 65.1 Å². The van der Waals surface area contributed by atoms with Crippen molar-refractivity contribution in [2.45, 2.75) is 38.1 Å². The van der Waals surface area contributed by atoms with Crippen LogP contribution in [0.1, 0.15) is 37.6 Å². The first-order valence-corrected chi connectivity index (χ1v) is 10.1. The summed E-state index contributed by atoms with van der Waals surface area (Å²) in [5, 5.41) is 6.69.